The van der Waals surface area contributed by atoms with Crippen molar-refractivity contribution in [3.05, 3.63) is 16.1 Å². The molecular weight excluding hydrogens is 298 g/mol. The van der Waals surface area contributed by atoms with Crippen LogP contribution in [0.25, 0.3) is 0 Å². The largest absolute Gasteiger partial charge is 0.379 e. The Kier molecular flexibility index (Phi) is 5.10. The standard InChI is InChI=1S/C16H25N3O2S/c1-13-14(22-12-18-13)15(20)17-11-16(5-3-2-4-6-16)19-7-9-21-10-8-19/h12H,2-11H2,1H3,(H,17,20). The number of aromatic nitrogens is 1. The molecule has 1 aliphatic heterocycles. The Morgan fingerprint density at radius 1 is 1.36 bits per heavy atom. The van der Waals surface area contributed by atoms with Crippen molar-refractivity contribution in [3.63, 3.8) is 0 Å². The van der Waals surface area contributed by atoms with Crippen LogP contribution in [0.4, 0.5) is 0 Å². The first kappa shape index (κ1) is 15.9. The van der Waals surface area contributed by atoms with Gasteiger partial charge in [0, 0.05) is 25.2 Å². The molecule has 3 rings (SSSR count). The topological polar surface area (TPSA) is 54.5 Å². The smallest absolute Gasteiger partial charge is 0.263 e. The van der Waals surface area contributed by atoms with E-state index in [9.17, 15) is 4.79 Å². The number of thiazole rings is 1. The number of hydrogen-bond acceptors (Lipinski definition) is 5. The van der Waals surface area contributed by atoms with E-state index >= 15 is 0 Å². The molecule has 6 heteroatoms. The van der Waals surface area contributed by atoms with Gasteiger partial charge < -0.3 is 10.1 Å². The summed E-state index contributed by atoms with van der Waals surface area (Å²) in [5.41, 5.74) is 2.69. The molecule has 0 radical (unpaired) electrons. The molecule has 0 aromatic carbocycles. The number of carbonyl (C=O) groups is 1. The maximum Gasteiger partial charge on any atom is 0.263 e. The van der Waals surface area contributed by atoms with E-state index in [1.165, 1.54) is 43.4 Å². The summed E-state index contributed by atoms with van der Waals surface area (Å²) < 4.78 is 5.50. The Balaban J connectivity index is 1.67. The predicted octanol–water partition coefficient (Wildman–Crippen LogP) is 2.22. The molecule has 0 unspecified atom stereocenters. The van der Waals surface area contributed by atoms with Gasteiger partial charge in [-0.25, -0.2) is 4.98 Å². The summed E-state index contributed by atoms with van der Waals surface area (Å²) in [6, 6.07) is 0. The van der Waals surface area contributed by atoms with Gasteiger partial charge in [-0.2, -0.15) is 0 Å². The molecule has 122 valence electrons. The van der Waals surface area contributed by atoms with Crippen molar-refractivity contribution < 1.29 is 9.53 Å². The Labute approximate surface area is 136 Å². The van der Waals surface area contributed by atoms with Crippen LogP contribution < -0.4 is 5.32 Å². The molecule has 5 nitrogen and oxygen atoms in total. The third-order valence-electron chi connectivity index (χ3n) is 5.00. The molecule has 1 aliphatic carbocycles. The molecule has 2 aliphatic rings. The lowest BCUT2D eigenvalue weighted by molar-refractivity contribution is -0.0361. The number of amides is 1. The van der Waals surface area contributed by atoms with Crippen molar-refractivity contribution in [2.24, 2.45) is 0 Å². The maximum atomic E-state index is 12.4. The van der Waals surface area contributed by atoms with Crippen LogP contribution in [-0.4, -0.2) is 54.2 Å². The second-order valence-electron chi connectivity index (χ2n) is 6.33. The van der Waals surface area contributed by atoms with E-state index in [1.807, 2.05) is 6.92 Å². The third-order valence-corrected chi connectivity index (χ3v) is 5.92. The van der Waals surface area contributed by atoms with E-state index in [0.29, 0.717) is 0 Å². The van der Waals surface area contributed by atoms with Gasteiger partial charge in [-0.3, -0.25) is 9.69 Å². The first-order valence-electron chi connectivity index (χ1n) is 8.22. The van der Waals surface area contributed by atoms with Crippen LogP contribution >= 0.6 is 11.3 Å². The van der Waals surface area contributed by atoms with Crippen LogP contribution in [0.5, 0.6) is 0 Å². The molecule has 1 saturated carbocycles. The monoisotopic (exact) mass is 323 g/mol. The lowest BCUT2D eigenvalue weighted by Gasteiger charge is -2.48. The Hall–Kier alpha value is -0.980. The van der Waals surface area contributed by atoms with Gasteiger partial charge in [0.25, 0.3) is 5.91 Å². The number of morpholine rings is 1. The molecule has 2 fully saturated rings. The summed E-state index contributed by atoms with van der Waals surface area (Å²) in [5, 5.41) is 3.18. The zero-order chi connectivity index (χ0) is 15.4. The predicted molar refractivity (Wildman–Crippen MR) is 87.4 cm³/mol. The first-order valence-corrected chi connectivity index (χ1v) is 9.10. The van der Waals surface area contributed by atoms with Gasteiger partial charge in [0.2, 0.25) is 0 Å². The van der Waals surface area contributed by atoms with Gasteiger partial charge in [-0.05, 0) is 19.8 Å². The van der Waals surface area contributed by atoms with Crippen LogP contribution in [-0.2, 0) is 4.74 Å². The Bertz CT molecular complexity index is 505. The normalized spacial score (nSPS) is 22.4. The first-order chi connectivity index (χ1) is 10.7. The van der Waals surface area contributed by atoms with Crippen molar-refractivity contribution in [1.82, 2.24) is 15.2 Å². The fourth-order valence-electron chi connectivity index (χ4n) is 3.70. The number of nitrogens with zero attached hydrogens (tertiary/aromatic N) is 2. The van der Waals surface area contributed by atoms with Crippen LogP contribution in [0.1, 0.15) is 47.5 Å². The van der Waals surface area contributed by atoms with E-state index in [0.717, 1.165) is 43.4 Å². The molecule has 0 atom stereocenters. The zero-order valence-corrected chi connectivity index (χ0v) is 14.1. The fraction of sp³-hybridized carbons (Fsp3) is 0.750. The minimum Gasteiger partial charge on any atom is -0.379 e. The van der Waals surface area contributed by atoms with Crippen LogP contribution in [0.15, 0.2) is 5.51 Å². The van der Waals surface area contributed by atoms with E-state index in [-0.39, 0.29) is 11.4 Å². The fourth-order valence-corrected chi connectivity index (χ4v) is 4.42. The van der Waals surface area contributed by atoms with Crippen LogP contribution in [0.2, 0.25) is 0 Å². The van der Waals surface area contributed by atoms with Crippen molar-refractivity contribution in [1.29, 1.82) is 0 Å². The third kappa shape index (κ3) is 3.34. The quantitative estimate of drug-likeness (QED) is 0.923. The minimum absolute atomic E-state index is 0.0261. The summed E-state index contributed by atoms with van der Waals surface area (Å²) in [5.74, 6) is 0.0261. The minimum atomic E-state index is 0.0261. The van der Waals surface area contributed by atoms with E-state index in [4.69, 9.17) is 4.74 Å². The molecule has 1 N–H and O–H groups in total. The van der Waals surface area contributed by atoms with Gasteiger partial charge in [0.15, 0.2) is 0 Å². The van der Waals surface area contributed by atoms with E-state index < -0.39 is 0 Å². The molecule has 1 aromatic heterocycles. The number of nitrogens with one attached hydrogen (secondary N) is 1. The molecule has 0 bridgehead atoms. The molecular formula is C16H25N3O2S. The summed E-state index contributed by atoms with van der Waals surface area (Å²) in [4.78, 5) is 19.9. The van der Waals surface area contributed by atoms with Crippen molar-refractivity contribution in [3.8, 4) is 0 Å². The van der Waals surface area contributed by atoms with Crippen molar-refractivity contribution in [2.45, 2.75) is 44.6 Å². The SMILES string of the molecule is Cc1ncsc1C(=O)NCC1(N2CCOCC2)CCCCC1. The maximum absolute atomic E-state index is 12.4. The summed E-state index contributed by atoms with van der Waals surface area (Å²) in [6.45, 7) is 6.21. The molecule has 1 amide bonds. The lowest BCUT2D eigenvalue weighted by atomic mass is 9.79. The van der Waals surface area contributed by atoms with E-state index in [1.54, 1.807) is 5.51 Å². The lowest BCUT2D eigenvalue weighted by Crippen LogP contribution is -2.59. The average Bonchev–Trinajstić information content (AvgIpc) is 3.00. The number of rotatable bonds is 4. The number of hydrogen-bond donors (Lipinski definition) is 1. The van der Waals surface area contributed by atoms with Crippen LogP contribution in [0, 0.1) is 6.92 Å². The highest BCUT2D eigenvalue weighted by atomic mass is 32.1. The highest BCUT2D eigenvalue weighted by Gasteiger charge is 2.38. The average molecular weight is 323 g/mol. The summed E-state index contributed by atoms with van der Waals surface area (Å²) in [7, 11) is 0. The van der Waals surface area contributed by atoms with Gasteiger partial charge in [-0.15, -0.1) is 11.3 Å². The number of carbonyl (C=O) groups excluding carboxylic acids is 1. The van der Waals surface area contributed by atoms with Crippen LogP contribution in [0.3, 0.4) is 0 Å². The Morgan fingerprint density at radius 3 is 2.73 bits per heavy atom. The molecule has 2 heterocycles. The van der Waals surface area contributed by atoms with Crippen molar-refractivity contribution in [2.75, 3.05) is 32.8 Å². The molecule has 22 heavy (non-hydrogen) atoms. The second-order valence-corrected chi connectivity index (χ2v) is 7.19. The molecule has 0 spiro atoms. The van der Waals surface area contributed by atoms with Crippen molar-refractivity contribution >= 4 is 17.2 Å². The summed E-state index contributed by atoms with van der Waals surface area (Å²) >= 11 is 1.42. The highest BCUT2D eigenvalue weighted by molar-refractivity contribution is 7.11. The Morgan fingerprint density at radius 2 is 2.09 bits per heavy atom. The number of aryl methyl sites for hydroxylation is 1. The highest BCUT2D eigenvalue weighted by Crippen LogP contribution is 2.34. The van der Waals surface area contributed by atoms with Gasteiger partial charge in [0.1, 0.15) is 4.88 Å². The van der Waals surface area contributed by atoms with Gasteiger partial charge in [0.05, 0.1) is 24.4 Å². The van der Waals surface area contributed by atoms with E-state index in [2.05, 4.69) is 15.2 Å². The zero-order valence-electron chi connectivity index (χ0n) is 13.3. The van der Waals surface area contributed by atoms with Gasteiger partial charge >= 0.3 is 0 Å². The number of ether oxygens (including phenoxy) is 1. The molecule has 1 saturated heterocycles. The van der Waals surface area contributed by atoms with Gasteiger partial charge in [-0.1, -0.05) is 19.3 Å². The summed E-state index contributed by atoms with van der Waals surface area (Å²) in [6.07, 6.45) is 6.18. The molecule has 1 aromatic rings. The second kappa shape index (κ2) is 7.06.